The number of likely N-dealkylation sites (tertiary alicyclic amines) is 2. The van der Waals surface area contributed by atoms with Crippen molar-refractivity contribution in [2.45, 2.75) is 44.8 Å². The topological polar surface area (TPSA) is 62.2 Å². The van der Waals surface area contributed by atoms with Crippen LogP contribution in [0.4, 0.5) is 0 Å². The molecule has 28 heavy (non-hydrogen) atoms. The minimum absolute atomic E-state index is 0.142. The summed E-state index contributed by atoms with van der Waals surface area (Å²) in [6.07, 6.45) is 3.79. The predicted molar refractivity (Wildman–Crippen MR) is 106 cm³/mol. The van der Waals surface area contributed by atoms with Crippen LogP contribution in [0.1, 0.15) is 36.8 Å². The van der Waals surface area contributed by atoms with Crippen molar-refractivity contribution in [3.8, 4) is 5.75 Å². The predicted octanol–water partition coefficient (Wildman–Crippen LogP) is 1.83. The molecule has 3 aliphatic heterocycles. The van der Waals surface area contributed by atoms with E-state index >= 15 is 0 Å². The molecule has 154 valence electrons. The van der Waals surface area contributed by atoms with Crippen molar-refractivity contribution < 1.29 is 19.4 Å². The molecule has 2 atom stereocenters. The van der Waals surface area contributed by atoms with Crippen LogP contribution >= 0.6 is 0 Å². The first kappa shape index (κ1) is 19.7. The smallest absolute Gasteiger partial charge is 0.224 e. The maximum atomic E-state index is 12.5. The third kappa shape index (κ3) is 4.04. The molecule has 0 radical (unpaired) electrons. The lowest BCUT2D eigenvalue weighted by molar-refractivity contribution is -0.142. The van der Waals surface area contributed by atoms with Crippen molar-refractivity contribution in [2.24, 2.45) is 5.41 Å². The molecule has 0 aromatic heterocycles. The molecular weight excluding hydrogens is 356 g/mol. The first-order valence-corrected chi connectivity index (χ1v) is 10.5. The summed E-state index contributed by atoms with van der Waals surface area (Å²) in [5.74, 6) is 1.16. The van der Waals surface area contributed by atoms with Gasteiger partial charge in [0.2, 0.25) is 5.91 Å². The van der Waals surface area contributed by atoms with Gasteiger partial charge in [-0.05, 0) is 36.5 Å². The molecule has 2 fully saturated rings. The Kier molecular flexibility index (Phi) is 5.90. The molecule has 0 unspecified atom stereocenters. The normalized spacial score (nSPS) is 27.6. The molecule has 2 saturated heterocycles. The Bertz CT molecular complexity index is 710. The fourth-order valence-electron chi connectivity index (χ4n) is 5.09. The molecule has 0 aliphatic carbocycles. The number of aliphatic hydroxyl groups excluding tert-OH is 1. The Balaban J connectivity index is 1.43. The fraction of sp³-hybridized carbons (Fsp3) is 0.682. The van der Waals surface area contributed by atoms with Crippen LogP contribution in [-0.4, -0.2) is 73.4 Å². The molecule has 1 spiro atoms. The van der Waals surface area contributed by atoms with Crippen molar-refractivity contribution in [3.63, 3.8) is 0 Å². The maximum absolute atomic E-state index is 12.5. The van der Waals surface area contributed by atoms with Gasteiger partial charge in [-0.25, -0.2) is 0 Å². The summed E-state index contributed by atoms with van der Waals surface area (Å²) < 4.78 is 10.7. The Morgan fingerprint density at radius 2 is 2.25 bits per heavy atom. The maximum Gasteiger partial charge on any atom is 0.224 e. The second kappa shape index (κ2) is 8.39. The van der Waals surface area contributed by atoms with E-state index < -0.39 is 0 Å². The molecule has 0 bridgehead atoms. The van der Waals surface area contributed by atoms with Gasteiger partial charge in [0.05, 0.1) is 25.7 Å². The Morgan fingerprint density at radius 1 is 1.36 bits per heavy atom. The van der Waals surface area contributed by atoms with Crippen LogP contribution in [0.25, 0.3) is 0 Å². The van der Waals surface area contributed by atoms with E-state index in [0.717, 1.165) is 64.2 Å². The number of piperidine rings is 2. The zero-order valence-electron chi connectivity index (χ0n) is 16.9. The van der Waals surface area contributed by atoms with E-state index in [1.165, 1.54) is 11.1 Å². The number of aliphatic hydroxyl groups is 1. The van der Waals surface area contributed by atoms with E-state index in [-0.39, 0.29) is 17.4 Å². The van der Waals surface area contributed by atoms with Crippen LogP contribution in [-0.2, 0) is 22.5 Å². The van der Waals surface area contributed by atoms with Gasteiger partial charge in [0.25, 0.3) is 0 Å². The van der Waals surface area contributed by atoms with E-state index in [2.05, 4.69) is 23.1 Å². The average Bonchev–Trinajstić information content (AvgIpc) is 3.17. The van der Waals surface area contributed by atoms with Crippen molar-refractivity contribution in [1.29, 1.82) is 0 Å². The van der Waals surface area contributed by atoms with Crippen LogP contribution in [0.2, 0.25) is 0 Å². The highest BCUT2D eigenvalue weighted by molar-refractivity contribution is 5.76. The summed E-state index contributed by atoms with van der Waals surface area (Å²) in [5, 5.41) is 10.9. The number of ether oxygens (including phenoxy) is 2. The minimum atomic E-state index is -0.338. The molecule has 0 saturated carbocycles. The van der Waals surface area contributed by atoms with Crippen molar-refractivity contribution in [1.82, 2.24) is 9.80 Å². The zero-order valence-corrected chi connectivity index (χ0v) is 16.9. The Morgan fingerprint density at radius 3 is 3.11 bits per heavy atom. The van der Waals surface area contributed by atoms with Crippen molar-refractivity contribution in [2.75, 3.05) is 46.5 Å². The minimum Gasteiger partial charge on any atom is -0.493 e. The largest absolute Gasteiger partial charge is 0.493 e. The standard InChI is InChI=1S/C22H32N2O4/c1-27-11-7-21(26)24-9-2-8-22(16-24)15-23(10-5-20(22)25)14-17-3-4-19-18(13-17)6-12-28-19/h3-4,13,20,25H,2,5-12,14-16H2,1H3/t20-,22-/m1/s1. The second-order valence-electron chi connectivity index (χ2n) is 8.58. The van der Waals surface area contributed by atoms with Gasteiger partial charge in [0, 0.05) is 51.7 Å². The SMILES string of the molecule is COCCC(=O)N1CCC[C@@]2(CN(Cc3ccc4c(c3)CCO4)CC[C@H]2O)C1. The van der Waals surface area contributed by atoms with E-state index in [0.29, 0.717) is 19.6 Å². The highest BCUT2D eigenvalue weighted by Crippen LogP contribution is 2.39. The van der Waals surface area contributed by atoms with E-state index in [1.807, 2.05) is 4.90 Å². The fourth-order valence-corrected chi connectivity index (χ4v) is 5.09. The number of carbonyl (C=O) groups excluding carboxylic acids is 1. The molecule has 1 N–H and O–H groups in total. The first-order chi connectivity index (χ1) is 13.6. The number of amides is 1. The van der Waals surface area contributed by atoms with E-state index in [1.54, 1.807) is 7.11 Å². The number of fused-ring (bicyclic) bond motifs is 1. The summed E-state index contributed by atoms with van der Waals surface area (Å²) in [4.78, 5) is 16.9. The van der Waals surface area contributed by atoms with Gasteiger partial charge < -0.3 is 19.5 Å². The lowest BCUT2D eigenvalue weighted by Gasteiger charge is -2.51. The Labute approximate surface area is 167 Å². The molecule has 6 heteroatoms. The average molecular weight is 389 g/mol. The van der Waals surface area contributed by atoms with Gasteiger partial charge in [0.1, 0.15) is 5.75 Å². The number of hydrogen-bond acceptors (Lipinski definition) is 5. The molecule has 1 aromatic rings. The lowest BCUT2D eigenvalue weighted by Crippen LogP contribution is -2.59. The summed E-state index contributed by atoms with van der Waals surface area (Å²) in [6, 6.07) is 6.51. The molecule has 1 aromatic carbocycles. The highest BCUT2D eigenvalue weighted by atomic mass is 16.5. The van der Waals surface area contributed by atoms with Crippen molar-refractivity contribution >= 4 is 5.91 Å². The van der Waals surface area contributed by atoms with Gasteiger partial charge in [-0.3, -0.25) is 9.69 Å². The number of methoxy groups -OCH3 is 1. The monoisotopic (exact) mass is 388 g/mol. The third-order valence-electron chi connectivity index (χ3n) is 6.61. The summed E-state index contributed by atoms with van der Waals surface area (Å²) in [7, 11) is 1.62. The van der Waals surface area contributed by atoms with Crippen LogP contribution in [0, 0.1) is 5.41 Å². The molecule has 4 rings (SSSR count). The summed E-state index contributed by atoms with van der Waals surface area (Å²) >= 11 is 0. The van der Waals surface area contributed by atoms with E-state index in [9.17, 15) is 9.90 Å². The number of nitrogens with zero attached hydrogens (tertiary/aromatic N) is 2. The summed E-state index contributed by atoms with van der Waals surface area (Å²) in [5.41, 5.74) is 2.40. The van der Waals surface area contributed by atoms with Gasteiger partial charge in [-0.2, -0.15) is 0 Å². The number of carbonyl (C=O) groups is 1. The molecule has 6 nitrogen and oxygen atoms in total. The number of hydrogen-bond donors (Lipinski definition) is 1. The molecular formula is C22H32N2O4. The summed E-state index contributed by atoms with van der Waals surface area (Å²) in [6.45, 7) is 5.32. The van der Waals surface area contributed by atoms with Crippen molar-refractivity contribution in [3.05, 3.63) is 29.3 Å². The third-order valence-corrected chi connectivity index (χ3v) is 6.61. The molecule has 3 heterocycles. The van der Waals surface area contributed by atoms with Gasteiger partial charge >= 0.3 is 0 Å². The van der Waals surface area contributed by atoms with Crippen LogP contribution in [0.3, 0.4) is 0 Å². The quantitative estimate of drug-likeness (QED) is 0.834. The second-order valence-corrected chi connectivity index (χ2v) is 8.58. The molecule has 1 amide bonds. The van der Waals surface area contributed by atoms with Crippen LogP contribution in [0.5, 0.6) is 5.75 Å². The lowest BCUT2D eigenvalue weighted by atomic mass is 9.71. The Hall–Kier alpha value is -1.63. The van der Waals surface area contributed by atoms with E-state index in [4.69, 9.17) is 9.47 Å². The zero-order chi connectivity index (χ0) is 19.6. The highest BCUT2D eigenvalue weighted by Gasteiger charge is 2.46. The van der Waals surface area contributed by atoms with Gasteiger partial charge in [-0.1, -0.05) is 12.1 Å². The first-order valence-electron chi connectivity index (χ1n) is 10.5. The molecule has 3 aliphatic rings. The van der Waals surface area contributed by atoms with Gasteiger partial charge in [0.15, 0.2) is 0 Å². The van der Waals surface area contributed by atoms with Gasteiger partial charge in [-0.15, -0.1) is 0 Å². The van der Waals surface area contributed by atoms with Crippen LogP contribution in [0.15, 0.2) is 18.2 Å². The van der Waals surface area contributed by atoms with Crippen LogP contribution < -0.4 is 4.74 Å². The number of rotatable bonds is 5. The number of benzene rings is 1.